The molecule has 0 saturated heterocycles. The van der Waals surface area contributed by atoms with Crippen LogP contribution in [-0.4, -0.2) is 31.5 Å². The summed E-state index contributed by atoms with van der Waals surface area (Å²) in [4.78, 5) is 8.98. The highest BCUT2D eigenvalue weighted by molar-refractivity contribution is 5.39. The zero-order valence-electron chi connectivity index (χ0n) is 13.2. The van der Waals surface area contributed by atoms with Crippen molar-refractivity contribution in [3.8, 4) is 0 Å². The smallest absolute Gasteiger partial charge is 0.136 e. The number of aromatic nitrogens is 4. The molecule has 1 atom stereocenters. The molecule has 3 aromatic rings. The number of rotatable bonds is 7. The largest absolute Gasteiger partial charge is 0.333 e. The van der Waals surface area contributed by atoms with Gasteiger partial charge in [0.2, 0.25) is 0 Å². The van der Waals surface area contributed by atoms with E-state index < -0.39 is 0 Å². The SMILES string of the molecule is CCc1nccn1CC(C)NCCc1cn2ccccc2n1. The first-order chi connectivity index (χ1) is 10.8. The van der Waals surface area contributed by atoms with Crippen molar-refractivity contribution in [1.29, 1.82) is 0 Å². The highest BCUT2D eigenvalue weighted by atomic mass is 15.1. The minimum Gasteiger partial charge on any atom is -0.333 e. The highest BCUT2D eigenvalue weighted by Crippen LogP contribution is 2.05. The van der Waals surface area contributed by atoms with E-state index in [9.17, 15) is 0 Å². The zero-order valence-corrected chi connectivity index (χ0v) is 13.2. The summed E-state index contributed by atoms with van der Waals surface area (Å²) < 4.78 is 4.29. The van der Waals surface area contributed by atoms with Gasteiger partial charge in [0.25, 0.3) is 0 Å². The summed E-state index contributed by atoms with van der Waals surface area (Å²) in [6, 6.07) is 6.49. The second-order valence-electron chi connectivity index (χ2n) is 5.65. The third-order valence-corrected chi connectivity index (χ3v) is 3.88. The second kappa shape index (κ2) is 6.75. The van der Waals surface area contributed by atoms with Gasteiger partial charge in [0.15, 0.2) is 0 Å². The Hall–Kier alpha value is -2.14. The molecule has 0 radical (unpaired) electrons. The Morgan fingerprint density at radius 1 is 1.27 bits per heavy atom. The van der Waals surface area contributed by atoms with Crippen LogP contribution in [0.15, 0.2) is 43.0 Å². The summed E-state index contributed by atoms with van der Waals surface area (Å²) in [6.45, 7) is 6.24. The van der Waals surface area contributed by atoms with Gasteiger partial charge in [-0.15, -0.1) is 0 Å². The van der Waals surface area contributed by atoms with E-state index in [-0.39, 0.29) is 0 Å². The quantitative estimate of drug-likeness (QED) is 0.728. The molecule has 0 aromatic carbocycles. The fourth-order valence-corrected chi connectivity index (χ4v) is 2.73. The molecule has 1 unspecified atom stereocenters. The third-order valence-electron chi connectivity index (χ3n) is 3.88. The van der Waals surface area contributed by atoms with Crippen molar-refractivity contribution >= 4 is 5.65 Å². The predicted molar refractivity (Wildman–Crippen MR) is 88.0 cm³/mol. The van der Waals surface area contributed by atoms with Crippen LogP contribution in [0, 0.1) is 0 Å². The third kappa shape index (κ3) is 3.36. The molecular weight excluding hydrogens is 274 g/mol. The summed E-state index contributed by atoms with van der Waals surface area (Å²) in [7, 11) is 0. The Balaban J connectivity index is 1.50. The van der Waals surface area contributed by atoms with Crippen molar-refractivity contribution in [2.75, 3.05) is 6.54 Å². The number of pyridine rings is 1. The second-order valence-corrected chi connectivity index (χ2v) is 5.65. The maximum absolute atomic E-state index is 4.62. The summed E-state index contributed by atoms with van der Waals surface area (Å²) >= 11 is 0. The first-order valence-corrected chi connectivity index (χ1v) is 7.92. The molecule has 3 aromatic heterocycles. The first-order valence-electron chi connectivity index (χ1n) is 7.92. The number of hydrogen-bond donors (Lipinski definition) is 1. The van der Waals surface area contributed by atoms with Crippen molar-refractivity contribution in [2.45, 2.75) is 39.3 Å². The predicted octanol–water partition coefficient (Wildman–Crippen LogP) is 2.31. The van der Waals surface area contributed by atoms with Gasteiger partial charge in [0.05, 0.1) is 5.69 Å². The Kier molecular flexibility index (Phi) is 4.53. The molecule has 0 aliphatic rings. The Morgan fingerprint density at radius 2 is 2.18 bits per heavy atom. The van der Waals surface area contributed by atoms with Crippen LogP contribution < -0.4 is 5.32 Å². The number of nitrogens with zero attached hydrogens (tertiary/aromatic N) is 4. The summed E-state index contributed by atoms with van der Waals surface area (Å²) in [5.41, 5.74) is 2.14. The maximum Gasteiger partial charge on any atom is 0.136 e. The monoisotopic (exact) mass is 297 g/mol. The van der Waals surface area contributed by atoms with E-state index in [1.54, 1.807) is 0 Å². The van der Waals surface area contributed by atoms with Gasteiger partial charge in [-0.05, 0) is 19.1 Å². The van der Waals surface area contributed by atoms with E-state index in [0.29, 0.717) is 6.04 Å². The molecule has 0 spiro atoms. The van der Waals surface area contributed by atoms with Gasteiger partial charge in [-0.2, -0.15) is 0 Å². The van der Waals surface area contributed by atoms with Crippen LogP contribution >= 0.6 is 0 Å². The van der Waals surface area contributed by atoms with Crippen molar-refractivity contribution in [3.63, 3.8) is 0 Å². The van der Waals surface area contributed by atoms with Gasteiger partial charge in [0, 0.05) is 56.8 Å². The van der Waals surface area contributed by atoms with Gasteiger partial charge >= 0.3 is 0 Å². The van der Waals surface area contributed by atoms with Crippen molar-refractivity contribution < 1.29 is 0 Å². The molecule has 0 bridgehead atoms. The van der Waals surface area contributed by atoms with Crippen LogP contribution in [0.1, 0.15) is 25.4 Å². The molecule has 3 heterocycles. The molecule has 0 aliphatic heterocycles. The van der Waals surface area contributed by atoms with Crippen LogP contribution in [0.3, 0.4) is 0 Å². The van der Waals surface area contributed by atoms with Crippen molar-refractivity contribution in [1.82, 2.24) is 24.3 Å². The molecule has 0 fully saturated rings. The number of imidazole rings is 2. The van der Waals surface area contributed by atoms with E-state index in [1.807, 2.05) is 30.6 Å². The lowest BCUT2D eigenvalue weighted by atomic mass is 10.3. The molecule has 5 heteroatoms. The molecule has 0 saturated carbocycles. The highest BCUT2D eigenvalue weighted by Gasteiger charge is 2.06. The molecular formula is C17H23N5. The molecule has 0 aliphatic carbocycles. The van der Waals surface area contributed by atoms with Gasteiger partial charge in [-0.1, -0.05) is 13.0 Å². The van der Waals surface area contributed by atoms with E-state index in [4.69, 9.17) is 0 Å². The zero-order chi connectivity index (χ0) is 15.4. The van der Waals surface area contributed by atoms with Crippen molar-refractivity contribution in [3.05, 3.63) is 54.5 Å². The molecule has 3 rings (SSSR count). The minimum atomic E-state index is 0.413. The Bertz CT molecular complexity index is 694. The molecule has 0 amide bonds. The summed E-state index contributed by atoms with van der Waals surface area (Å²) in [5, 5.41) is 3.57. The topological polar surface area (TPSA) is 47.2 Å². The minimum absolute atomic E-state index is 0.413. The molecule has 5 nitrogen and oxygen atoms in total. The number of nitrogens with one attached hydrogen (secondary N) is 1. The van der Waals surface area contributed by atoms with Crippen LogP contribution in [-0.2, 0) is 19.4 Å². The summed E-state index contributed by atoms with van der Waals surface area (Å²) in [6.07, 6.45) is 9.98. The van der Waals surface area contributed by atoms with Gasteiger partial charge in [0.1, 0.15) is 11.5 Å². The average Bonchev–Trinajstić information content (AvgIpc) is 3.12. The van der Waals surface area contributed by atoms with E-state index >= 15 is 0 Å². The van der Waals surface area contributed by atoms with Crippen LogP contribution in [0.5, 0.6) is 0 Å². The lowest BCUT2D eigenvalue weighted by Crippen LogP contribution is -2.32. The molecule has 1 N–H and O–H groups in total. The first kappa shape index (κ1) is 14.8. The van der Waals surface area contributed by atoms with E-state index in [1.165, 1.54) is 0 Å². The van der Waals surface area contributed by atoms with Crippen LogP contribution in [0.2, 0.25) is 0 Å². The van der Waals surface area contributed by atoms with Gasteiger partial charge in [-0.3, -0.25) is 0 Å². The maximum atomic E-state index is 4.62. The van der Waals surface area contributed by atoms with Gasteiger partial charge in [-0.25, -0.2) is 9.97 Å². The van der Waals surface area contributed by atoms with Crippen molar-refractivity contribution in [2.24, 2.45) is 0 Å². The Morgan fingerprint density at radius 3 is 3.00 bits per heavy atom. The lowest BCUT2D eigenvalue weighted by molar-refractivity contribution is 0.470. The van der Waals surface area contributed by atoms with Gasteiger partial charge < -0.3 is 14.3 Å². The lowest BCUT2D eigenvalue weighted by Gasteiger charge is -2.15. The van der Waals surface area contributed by atoms with E-state index in [0.717, 1.165) is 43.1 Å². The number of aryl methyl sites for hydroxylation is 1. The van der Waals surface area contributed by atoms with Crippen LogP contribution in [0.25, 0.3) is 5.65 Å². The molecule has 116 valence electrons. The average molecular weight is 297 g/mol. The van der Waals surface area contributed by atoms with E-state index in [2.05, 4.69) is 50.5 Å². The summed E-state index contributed by atoms with van der Waals surface area (Å²) in [5.74, 6) is 1.15. The fourth-order valence-electron chi connectivity index (χ4n) is 2.73. The normalized spacial score (nSPS) is 12.8. The molecule has 22 heavy (non-hydrogen) atoms. The van der Waals surface area contributed by atoms with Crippen LogP contribution in [0.4, 0.5) is 0 Å². The number of fused-ring (bicyclic) bond motifs is 1. The fraction of sp³-hybridized carbons (Fsp3) is 0.412. The standard InChI is InChI=1S/C17H23N5/c1-3-16-19-9-11-22(16)12-14(2)18-8-7-15-13-21-10-5-4-6-17(21)20-15/h4-6,9-11,13-14,18H,3,7-8,12H2,1-2H3. The Labute approximate surface area is 131 Å². The number of hydrogen-bond acceptors (Lipinski definition) is 3.